The largest absolute Gasteiger partial charge is 0.497 e. The van der Waals surface area contributed by atoms with Gasteiger partial charge in [-0.2, -0.15) is 5.10 Å². The molecule has 0 spiro atoms. The number of carbonyl (C=O) groups excluding carboxylic acids is 1. The normalized spacial score (nSPS) is 10.3. The second-order valence-corrected chi connectivity index (χ2v) is 4.50. The molecule has 0 aliphatic carbocycles. The number of carbonyl (C=O) groups is 1. The second kappa shape index (κ2) is 8.43. The molecule has 0 aliphatic rings. The Kier molecular flexibility index (Phi) is 5.99. The SMILES string of the molecule is COc1ccc(C=NNC(=O)COc2ccccc2)c(OC)c1. The highest BCUT2D eigenvalue weighted by molar-refractivity contribution is 5.85. The van der Waals surface area contributed by atoms with Gasteiger partial charge in [0.05, 0.1) is 20.4 Å². The van der Waals surface area contributed by atoms with Gasteiger partial charge in [0, 0.05) is 11.6 Å². The Labute approximate surface area is 134 Å². The fourth-order valence-corrected chi connectivity index (χ4v) is 1.80. The molecule has 0 atom stereocenters. The van der Waals surface area contributed by atoms with Crippen LogP contribution in [0, 0.1) is 0 Å². The number of para-hydroxylation sites is 1. The first kappa shape index (κ1) is 16.4. The summed E-state index contributed by atoms with van der Waals surface area (Å²) in [4.78, 5) is 11.7. The molecule has 0 heterocycles. The van der Waals surface area contributed by atoms with Gasteiger partial charge in [0.25, 0.3) is 5.91 Å². The van der Waals surface area contributed by atoms with Crippen LogP contribution >= 0.6 is 0 Å². The van der Waals surface area contributed by atoms with Crippen LogP contribution in [0.4, 0.5) is 0 Å². The van der Waals surface area contributed by atoms with Crippen molar-refractivity contribution in [2.24, 2.45) is 5.10 Å². The molecule has 0 radical (unpaired) electrons. The van der Waals surface area contributed by atoms with Crippen LogP contribution in [0.1, 0.15) is 5.56 Å². The maximum absolute atomic E-state index is 11.7. The molecule has 0 aliphatic heterocycles. The van der Waals surface area contributed by atoms with Crippen LogP contribution in [0.3, 0.4) is 0 Å². The topological polar surface area (TPSA) is 69.2 Å². The molecule has 120 valence electrons. The molecule has 0 fully saturated rings. The maximum atomic E-state index is 11.7. The number of hydrazone groups is 1. The first-order valence-electron chi connectivity index (χ1n) is 6.94. The highest BCUT2D eigenvalue weighted by Crippen LogP contribution is 2.22. The van der Waals surface area contributed by atoms with Gasteiger partial charge in [-0.15, -0.1) is 0 Å². The third kappa shape index (κ3) is 5.03. The summed E-state index contributed by atoms with van der Waals surface area (Å²) >= 11 is 0. The molecule has 0 unspecified atom stereocenters. The van der Waals surface area contributed by atoms with E-state index in [0.29, 0.717) is 17.2 Å². The Morgan fingerprint density at radius 2 is 1.87 bits per heavy atom. The predicted octanol–water partition coefficient (Wildman–Crippen LogP) is 2.23. The monoisotopic (exact) mass is 314 g/mol. The molecule has 0 saturated heterocycles. The maximum Gasteiger partial charge on any atom is 0.277 e. The molecule has 23 heavy (non-hydrogen) atoms. The van der Waals surface area contributed by atoms with Crippen LogP contribution in [0.25, 0.3) is 0 Å². The van der Waals surface area contributed by atoms with E-state index >= 15 is 0 Å². The Hall–Kier alpha value is -3.02. The first-order chi connectivity index (χ1) is 11.2. The summed E-state index contributed by atoms with van der Waals surface area (Å²) in [5, 5.41) is 3.89. The molecule has 0 bridgehead atoms. The van der Waals surface area contributed by atoms with Gasteiger partial charge >= 0.3 is 0 Å². The van der Waals surface area contributed by atoms with Crippen molar-refractivity contribution < 1.29 is 19.0 Å². The smallest absolute Gasteiger partial charge is 0.277 e. The summed E-state index contributed by atoms with van der Waals surface area (Å²) in [6.07, 6.45) is 1.50. The number of hydrogen-bond acceptors (Lipinski definition) is 5. The number of amides is 1. The van der Waals surface area contributed by atoms with E-state index in [0.717, 1.165) is 5.56 Å². The number of nitrogens with one attached hydrogen (secondary N) is 1. The first-order valence-corrected chi connectivity index (χ1v) is 6.94. The van der Waals surface area contributed by atoms with E-state index in [1.807, 2.05) is 18.2 Å². The van der Waals surface area contributed by atoms with Crippen LogP contribution < -0.4 is 19.6 Å². The van der Waals surface area contributed by atoms with E-state index in [1.54, 1.807) is 44.6 Å². The van der Waals surface area contributed by atoms with Crippen molar-refractivity contribution in [1.82, 2.24) is 5.43 Å². The standard InChI is InChI=1S/C17H18N2O4/c1-21-15-9-8-13(16(10-15)22-2)11-18-19-17(20)12-23-14-6-4-3-5-7-14/h3-11H,12H2,1-2H3,(H,19,20). The van der Waals surface area contributed by atoms with Crippen LogP contribution in [0.5, 0.6) is 17.2 Å². The van der Waals surface area contributed by atoms with Crippen molar-refractivity contribution in [1.29, 1.82) is 0 Å². The zero-order chi connectivity index (χ0) is 16.5. The second-order valence-electron chi connectivity index (χ2n) is 4.50. The van der Waals surface area contributed by atoms with E-state index in [4.69, 9.17) is 14.2 Å². The van der Waals surface area contributed by atoms with Gasteiger partial charge in [-0.3, -0.25) is 4.79 Å². The summed E-state index contributed by atoms with van der Waals surface area (Å²) in [7, 11) is 3.13. The van der Waals surface area contributed by atoms with Crippen molar-refractivity contribution >= 4 is 12.1 Å². The lowest BCUT2D eigenvalue weighted by atomic mass is 10.2. The molecule has 6 nitrogen and oxygen atoms in total. The van der Waals surface area contributed by atoms with Gasteiger partial charge in [-0.1, -0.05) is 18.2 Å². The zero-order valence-corrected chi connectivity index (χ0v) is 13.0. The van der Waals surface area contributed by atoms with Crippen LogP contribution in [-0.2, 0) is 4.79 Å². The predicted molar refractivity (Wildman–Crippen MR) is 87.2 cm³/mol. The molecule has 0 saturated carbocycles. The minimum atomic E-state index is -0.349. The van der Waals surface area contributed by atoms with E-state index in [-0.39, 0.29) is 12.5 Å². The Bertz CT molecular complexity index is 672. The summed E-state index contributed by atoms with van der Waals surface area (Å²) in [5.74, 6) is 1.56. The van der Waals surface area contributed by atoms with Gasteiger partial charge in [0.15, 0.2) is 6.61 Å². The number of methoxy groups -OCH3 is 2. The lowest BCUT2D eigenvalue weighted by molar-refractivity contribution is -0.123. The quantitative estimate of drug-likeness (QED) is 0.628. The minimum Gasteiger partial charge on any atom is -0.497 e. The van der Waals surface area contributed by atoms with Gasteiger partial charge < -0.3 is 14.2 Å². The molecular weight excluding hydrogens is 296 g/mol. The average Bonchev–Trinajstić information content (AvgIpc) is 2.61. The highest BCUT2D eigenvalue weighted by Gasteiger charge is 2.04. The molecule has 1 N–H and O–H groups in total. The Morgan fingerprint density at radius 3 is 2.57 bits per heavy atom. The summed E-state index contributed by atoms with van der Waals surface area (Å²) in [6.45, 7) is -0.110. The minimum absolute atomic E-state index is 0.110. The number of ether oxygens (including phenoxy) is 3. The van der Waals surface area contributed by atoms with E-state index in [1.165, 1.54) is 6.21 Å². The zero-order valence-electron chi connectivity index (χ0n) is 13.0. The Morgan fingerprint density at radius 1 is 1.09 bits per heavy atom. The Balaban J connectivity index is 1.87. The lowest BCUT2D eigenvalue weighted by Crippen LogP contribution is -2.24. The van der Waals surface area contributed by atoms with Gasteiger partial charge in [-0.05, 0) is 24.3 Å². The molecule has 0 aromatic heterocycles. The fraction of sp³-hybridized carbons (Fsp3) is 0.176. The van der Waals surface area contributed by atoms with Crippen molar-refractivity contribution in [3.8, 4) is 17.2 Å². The van der Waals surface area contributed by atoms with Gasteiger partial charge in [0.1, 0.15) is 17.2 Å². The molecule has 1 amide bonds. The van der Waals surface area contributed by atoms with E-state index in [2.05, 4.69) is 10.5 Å². The van der Waals surface area contributed by atoms with Gasteiger partial charge in [-0.25, -0.2) is 5.43 Å². The number of hydrogen-bond donors (Lipinski definition) is 1. The number of rotatable bonds is 7. The van der Waals surface area contributed by atoms with Crippen LogP contribution in [0.15, 0.2) is 53.6 Å². The molecule has 6 heteroatoms. The molecule has 2 rings (SSSR count). The number of benzene rings is 2. The fourth-order valence-electron chi connectivity index (χ4n) is 1.80. The van der Waals surface area contributed by atoms with Crippen molar-refractivity contribution in [2.75, 3.05) is 20.8 Å². The van der Waals surface area contributed by atoms with E-state index in [9.17, 15) is 4.79 Å². The van der Waals surface area contributed by atoms with Crippen molar-refractivity contribution in [2.45, 2.75) is 0 Å². The van der Waals surface area contributed by atoms with Crippen LogP contribution in [0.2, 0.25) is 0 Å². The molecular formula is C17H18N2O4. The van der Waals surface area contributed by atoms with Crippen molar-refractivity contribution in [3.63, 3.8) is 0 Å². The highest BCUT2D eigenvalue weighted by atomic mass is 16.5. The van der Waals surface area contributed by atoms with Crippen molar-refractivity contribution in [3.05, 3.63) is 54.1 Å². The summed E-state index contributed by atoms with van der Waals surface area (Å²) < 4.78 is 15.7. The van der Waals surface area contributed by atoms with Crippen LogP contribution in [-0.4, -0.2) is 32.9 Å². The summed E-state index contributed by atoms with van der Waals surface area (Å²) in [6, 6.07) is 14.4. The molecule has 2 aromatic carbocycles. The summed E-state index contributed by atoms with van der Waals surface area (Å²) in [5.41, 5.74) is 3.12. The number of nitrogens with zero attached hydrogens (tertiary/aromatic N) is 1. The third-order valence-electron chi connectivity index (χ3n) is 2.95. The van der Waals surface area contributed by atoms with Gasteiger partial charge in [0.2, 0.25) is 0 Å². The average molecular weight is 314 g/mol. The van der Waals surface area contributed by atoms with E-state index < -0.39 is 0 Å². The molecule has 2 aromatic rings. The lowest BCUT2D eigenvalue weighted by Gasteiger charge is -2.07. The third-order valence-corrected chi connectivity index (χ3v) is 2.95.